The van der Waals surface area contributed by atoms with Crippen LogP contribution in [-0.4, -0.2) is 35.7 Å². The van der Waals surface area contributed by atoms with Crippen LogP contribution in [0.3, 0.4) is 0 Å². The molecule has 0 unspecified atom stereocenters. The Morgan fingerprint density at radius 3 is 2.44 bits per heavy atom. The minimum absolute atomic E-state index is 0.0608. The van der Waals surface area contributed by atoms with Gasteiger partial charge in [-0.2, -0.15) is 0 Å². The lowest BCUT2D eigenvalue weighted by Crippen LogP contribution is -2.46. The highest BCUT2D eigenvalue weighted by Crippen LogP contribution is 2.05. The van der Waals surface area contributed by atoms with E-state index in [0.29, 0.717) is 5.56 Å². The minimum atomic E-state index is -1.11. The Balaban J connectivity index is 2.38. The molecular weight excluding hydrogens is 234 g/mol. The Morgan fingerprint density at radius 2 is 1.89 bits per heavy atom. The van der Waals surface area contributed by atoms with Crippen LogP contribution in [0.4, 0.5) is 4.79 Å². The van der Waals surface area contributed by atoms with E-state index in [2.05, 4.69) is 5.32 Å². The standard InChI is InChI=1S/C13H17NO4/c1-13(2,14-12(16)17)9-18-8-11(15)10-6-4-3-5-7-10/h3-7,14H,8-9H2,1-2H3,(H,16,17). The van der Waals surface area contributed by atoms with Crippen LogP contribution in [0.1, 0.15) is 24.2 Å². The third-order valence-corrected chi connectivity index (χ3v) is 2.24. The van der Waals surface area contributed by atoms with Crippen LogP contribution < -0.4 is 5.32 Å². The van der Waals surface area contributed by atoms with E-state index in [4.69, 9.17) is 9.84 Å². The summed E-state index contributed by atoms with van der Waals surface area (Å²) in [6.07, 6.45) is -1.11. The molecule has 0 saturated heterocycles. The average Bonchev–Trinajstić information content (AvgIpc) is 2.28. The SMILES string of the molecule is CC(C)(COCC(=O)c1ccccc1)NC(=O)O. The van der Waals surface area contributed by atoms with Crippen molar-refractivity contribution < 1.29 is 19.4 Å². The summed E-state index contributed by atoms with van der Waals surface area (Å²) < 4.78 is 5.24. The van der Waals surface area contributed by atoms with Crippen molar-refractivity contribution in [2.24, 2.45) is 0 Å². The highest BCUT2D eigenvalue weighted by molar-refractivity contribution is 5.96. The lowest BCUT2D eigenvalue weighted by Gasteiger charge is -2.23. The molecule has 18 heavy (non-hydrogen) atoms. The summed E-state index contributed by atoms with van der Waals surface area (Å²) >= 11 is 0. The second kappa shape index (κ2) is 6.16. The number of ether oxygens (including phenoxy) is 1. The first-order valence-electron chi connectivity index (χ1n) is 5.58. The van der Waals surface area contributed by atoms with Crippen LogP contribution >= 0.6 is 0 Å². The van der Waals surface area contributed by atoms with Gasteiger partial charge in [0.25, 0.3) is 0 Å². The molecule has 5 nitrogen and oxygen atoms in total. The van der Waals surface area contributed by atoms with Crippen molar-refractivity contribution in [2.45, 2.75) is 19.4 Å². The van der Waals surface area contributed by atoms with E-state index in [9.17, 15) is 9.59 Å². The normalized spacial score (nSPS) is 11.0. The highest BCUT2D eigenvalue weighted by atomic mass is 16.5. The first kappa shape index (κ1) is 14.2. The molecule has 0 bridgehead atoms. The van der Waals surface area contributed by atoms with Gasteiger partial charge in [-0.1, -0.05) is 30.3 Å². The highest BCUT2D eigenvalue weighted by Gasteiger charge is 2.20. The van der Waals surface area contributed by atoms with E-state index in [1.165, 1.54) is 0 Å². The number of carboxylic acid groups (broad SMARTS) is 1. The number of carbonyl (C=O) groups excluding carboxylic acids is 1. The second-order valence-electron chi connectivity index (χ2n) is 4.60. The molecule has 1 rings (SSSR count). The smallest absolute Gasteiger partial charge is 0.405 e. The lowest BCUT2D eigenvalue weighted by molar-refractivity contribution is 0.0617. The minimum Gasteiger partial charge on any atom is -0.465 e. The summed E-state index contributed by atoms with van der Waals surface area (Å²) in [4.78, 5) is 22.2. The molecule has 0 atom stereocenters. The van der Waals surface area contributed by atoms with Crippen molar-refractivity contribution in [1.29, 1.82) is 0 Å². The van der Waals surface area contributed by atoms with Gasteiger partial charge in [-0.05, 0) is 13.8 Å². The van der Waals surface area contributed by atoms with Crippen LogP contribution in [-0.2, 0) is 4.74 Å². The van der Waals surface area contributed by atoms with E-state index in [1.54, 1.807) is 38.1 Å². The molecule has 0 saturated carbocycles. The van der Waals surface area contributed by atoms with Gasteiger partial charge in [0.1, 0.15) is 6.61 Å². The molecule has 0 aliphatic carbocycles. The molecule has 1 amide bonds. The summed E-state index contributed by atoms with van der Waals surface area (Å²) in [6, 6.07) is 8.82. The molecule has 0 radical (unpaired) electrons. The summed E-state index contributed by atoms with van der Waals surface area (Å²) in [5, 5.41) is 10.9. The molecule has 5 heteroatoms. The van der Waals surface area contributed by atoms with Gasteiger partial charge >= 0.3 is 6.09 Å². The third kappa shape index (κ3) is 4.97. The van der Waals surface area contributed by atoms with Crippen LogP contribution in [0, 0.1) is 0 Å². The molecule has 2 N–H and O–H groups in total. The van der Waals surface area contributed by atoms with Gasteiger partial charge in [0.15, 0.2) is 5.78 Å². The van der Waals surface area contributed by atoms with Gasteiger partial charge in [-0.15, -0.1) is 0 Å². The largest absolute Gasteiger partial charge is 0.465 e. The summed E-state index contributed by atoms with van der Waals surface area (Å²) in [6.45, 7) is 3.45. The average molecular weight is 251 g/mol. The van der Waals surface area contributed by atoms with E-state index in [-0.39, 0.29) is 19.0 Å². The molecule has 0 fully saturated rings. The van der Waals surface area contributed by atoms with Gasteiger partial charge in [0, 0.05) is 5.56 Å². The van der Waals surface area contributed by atoms with Crippen LogP contribution in [0.2, 0.25) is 0 Å². The van der Waals surface area contributed by atoms with E-state index >= 15 is 0 Å². The topological polar surface area (TPSA) is 75.6 Å². The van der Waals surface area contributed by atoms with Crippen LogP contribution in [0.5, 0.6) is 0 Å². The molecule has 0 aliphatic rings. The first-order chi connectivity index (χ1) is 8.41. The number of benzene rings is 1. The number of hydrogen-bond acceptors (Lipinski definition) is 3. The Bertz CT molecular complexity index is 414. The van der Waals surface area contributed by atoms with Crippen LogP contribution in [0.15, 0.2) is 30.3 Å². The van der Waals surface area contributed by atoms with Crippen LogP contribution in [0.25, 0.3) is 0 Å². The summed E-state index contributed by atoms with van der Waals surface area (Å²) in [5.74, 6) is -0.123. The van der Waals surface area contributed by atoms with E-state index in [0.717, 1.165) is 0 Å². The first-order valence-corrected chi connectivity index (χ1v) is 5.58. The van der Waals surface area contributed by atoms with Crippen molar-refractivity contribution in [1.82, 2.24) is 5.32 Å². The maximum absolute atomic E-state index is 11.7. The van der Waals surface area contributed by atoms with Gasteiger partial charge in [0.05, 0.1) is 12.1 Å². The second-order valence-corrected chi connectivity index (χ2v) is 4.60. The maximum Gasteiger partial charge on any atom is 0.405 e. The molecule has 1 aromatic carbocycles. The number of nitrogens with one attached hydrogen (secondary N) is 1. The Hall–Kier alpha value is -1.88. The Morgan fingerprint density at radius 1 is 1.28 bits per heavy atom. The third-order valence-electron chi connectivity index (χ3n) is 2.24. The zero-order chi connectivity index (χ0) is 13.6. The van der Waals surface area contributed by atoms with Gasteiger partial charge in [-0.3, -0.25) is 4.79 Å². The monoisotopic (exact) mass is 251 g/mol. The molecule has 98 valence electrons. The summed E-state index contributed by atoms with van der Waals surface area (Å²) in [5.41, 5.74) is -0.135. The lowest BCUT2D eigenvalue weighted by atomic mass is 10.1. The Labute approximate surface area is 106 Å². The van der Waals surface area contributed by atoms with Crippen molar-refractivity contribution in [3.8, 4) is 0 Å². The van der Waals surface area contributed by atoms with Gasteiger partial charge in [-0.25, -0.2) is 4.79 Å². The van der Waals surface area contributed by atoms with Crippen molar-refractivity contribution in [3.05, 3.63) is 35.9 Å². The Kier molecular flexibility index (Phi) is 4.85. The van der Waals surface area contributed by atoms with E-state index in [1.807, 2.05) is 6.07 Å². The number of hydrogen-bond donors (Lipinski definition) is 2. The number of Topliss-reactive ketones (excluding diaryl/α,β-unsaturated/α-hetero) is 1. The van der Waals surface area contributed by atoms with E-state index < -0.39 is 11.6 Å². The molecular formula is C13H17NO4. The molecule has 0 aliphatic heterocycles. The number of ketones is 1. The quantitative estimate of drug-likeness (QED) is 0.757. The zero-order valence-corrected chi connectivity index (χ0v) is 10.5. The number of rotatable bonds is 6. The molecule has 0 spiro atoms. The number of amides is 1. The molecule has 0 heterocycles. The van der Waals surface area contributed by atoms with Gasteiger partial charge in [0.2, 0.25) is 0 Å². The number of carbonyl (C=O) groups is 2. The predicted molar refractivity (Wildman–Crippen MR) is 66.8 cm³/mol. The zero-order valence-electron chi connectivity index (χ0n) is 10.5. The molecule has 1 aromatic rings. The predicted octanol–water partition coefficient (Wildman–Crippen LogP) is 1.93. The fourth-order valence-corrected chi connectivity index (χ4v) is 1.43. The van der Waals surface area contributed by atoms with Crippen molar-refractivity contribution >= 4 is 11.9 Å². The fraction of sp³-hybridized carbons (Fsp3) is 0.385. The molecule has 0 aromatic heterocycles. The maximum atomic E-state index is 11.7. The summed E-state index contributed by atoms with van der Waals surface area (Å²) in [7, 11) is 0. The van der Waals surface area contributed by atoms with Crippen molar-refractivity contribution in [2.75, 3.05) is 13.2 Å². The van der Waals surface area contributed by atoms with Crippen molar-refractivity contribution in [3.63, 3.8) is 0 Å². The fourth-order valence-electron chi connectivity index (χ4n) is 1.43. The van der Waals surface area contributed by atoms with Gasteiger partial charge < -0.3 is 15.2 Å².